The number of aryl methyl sites for hydroxylation is 1. The molecule has 1 fully saturated rings. The van der Waals surface area contributed by atoms with E-state index in [-0.39, 0.29) is 0 Å². The van der Waals surface area contributed by atoms with Gasteiger partial charge in [-0.05, 0) is 50.4 Å². The van der Waals surface area contributed by atoms with E-state index in [1.54, 1.807) is 0 Å². The van der Waals surface area contributed by atoms with Crippen molar-refractivity contribution in [1.29, 1.82) is 0 Å². The SMILES string of the molecule is CCCn1c(CN2CCC(CO)CC2)nc2ccccc21. The van der Waals surface area contributed by atoms with E-state index in [9.17, 15) is 5.11 Å². The van der Waals surface area contributed by atoms with Crippen LogP contribution in [0.15, 0.2) is 24.3 Å². The van der Waals surface area contributed by atoms with Crippen LogP contribution in [0.2, 0.25) is 0 Å². The monoisotopic (exact) mass is 287 g/mol. The van der Waals surface area contributed by atoms with E-state index in [0.29, 0.717) is 12.5 Å². The van der Waals surface area contributed by atoms with Crippen LogP contribution in [0.4, 0.5) is 0 Å². The van der Waals surface area contributed by atoms with Gasteiger partial charge in [0.05, 0.1) is 17.6 Å². The van der Waals surface area contributed by atoms with Crippen LogP contribution in [0, 0.1) is 5.92 Å². The summed E-state index contributed by atoms with van der Waals surface area (Å²) in [5.74, 6) is 1.68. The molecule has 0 spiro atoms. The molecule has 2 heterocycles. The molecule has 0 atom stereocenters. The Bertz CT molecular complexity index is 585. The molecule has 2 aromatic rings. The molecule has 21 heavy (non-hydrogen) atoms. The fraction of sp³-hybridized carbons (Fsp3) is 0.588. The second kappa shape index (κ2) is 6.58. The second-order valence-electron chi connectivity index (χ2n) is 6.07. The number of nitrogens with zero attached hydrogens (tertiary/aromatic N) is 3. The van der Waals surface area contributed by atoms with Crippen molar-refractivity contribution >= 4 is 11.0 Å². The Hall–Kier alpha value is -1.39. The van der Waals surface area contributed by atoms with Crippen LogP contribution in [0.25, 0.3) is 11.0 Å². The highest BCUT2D eigenvalue weighted by molar-refractivity contribution is 5.75. The first-order valence-electron chi connectivity index (χ1n) is 8.09. The summed E-state index contributed by atoms with van der Waals surface area (Å²) in [7, 11) is 0. The average molecular weight is 287 g/mol. The standard InChI is InChI=1S/C17H25N3O/c1-2-9-20-16-6-4-3-5-15(16)18-17(20)12-19-10-7-14(13-21)8-11-19/h3-6,14,21H,2,7-13H2,1H3. The van der Waals surface area contributed by atoms with Crippen molar-refractivity contribution in [2.45, 2.75) is 39.3 Å². The Morgan fingerprint density at radius 1 is 1.24 bits per heavy atom. The van der Waals surface area contributed by atoms with E-state index in [1.807, 2.05) is 0 Å². The van der Waals surface area contributed by atoms with Gasteiger partial charge >= 0.3 is 0 Å². The number of para-hydroxylation sites is 2. The Kier molecular flexibility index (Phi) is 4.56. The molecule has 3 rings (SSSR count). The molecule has 1 aromatic carbocycles. The van der Waals surface area contributed by atoms with Crippen LogP contribution in [-0.4, -0.2) is 39.3 Å². The maximum atomic E-state index is 9.24. The van der Waals surface area contributed by atoms with E-state index in [1.165, 1.54) is 11.3 Å². The largest absolute Gasteiger partial charge is 0.396 e. The Morgan fingerprint density at radius 2 is 2.00 bits per heavy atom. The van der Waals surface area contributed by atoms with Gasteiger partial charge in [-0.2, -0.15) is 0 Å². The number of fused-ring (bicyclic) bond motifs is 1. The van der Waals surface area contributed by atoms with Gasteiger partial charge in [-0.1, -0.05) is 19.1 Å². The Morgan fingerprint density at radius 3 is 2.71 bits per heavy atom. The fourth-order valence-electron chi connectivity index (χ4n) is 3.25. The number of aliphatic hydroxyl groups excluding tert-OH is 1. The van der Waals surface area contributed by atoms with Crippen LogP contribution in [0.5, 0.6) is 0 Å². The number of benzene rings is 1. The predicted octanol–water partition coefficient (Wildman–Crippen LogP) is 2.65. The van der Waals surface area contributed by atoms with Crippen molar-refractivity contribution in [1.82, 2.24) is 14.5 Å². The van der Waals surface area contributed by atoms with Gasteiger partial charge in [-0.3, -0.25) is 4.90 Å². The van der Waals surface area contributed by atoms with Gasteiger partial charge in [0.15, 0.2) is 0 Å². The molecule has 4 heteroatoms. The maximum Gasteiger partial charge on any atom is 0.124 e. The first kappa shape index (κ1) is 14.5. The van der Waals surface area contributed by atoms with Gasteiger partial charge in [-0.15, -0.1) is 0 Å². The second-order valence-corrected chi connectivity index (χ2v) is 6.07. The van der Waals surface area contributed by atoms with E-state index >= 15 is 0 Å². The predicted molar refractivity (Wildman–Crippen MR) is 85.1 cm³/mol. The van der Waals surface area contributed by atoms with Crippen LogP contribution < -0.4 is 0 Å². The van der Waals surface area contributed by atoms with Crippen LogP contribution in [0.3, 0.4) is 0 Å². The highest BCUT2D eigenvalue weighted by atomic mass is 16.3. The lowest BCUT2D eigenvalue weighted by molar-refractivity contribution is 0.125. The molecule has 1 N–H and O–H groups in total. The third-order valence-electron chi connectivity index (χ3n) is 4.51. The minimum atomic E-state index is 0.336. The molecular formula is C17H25N3O. The molecule has 1 saturated heterocycles. The van der Waals surface area contributed by atoms with Gasteiger partial charge < -0.3 is 9.67 Å². The van der Waals surface area contributed by atoms with Crippen molar-refractivity contribution < 1.29 is 5.11 Å². The van der Waals surface area contributed by atoms with E-state index in [4.69, 9.17) is 4.98 Å². The third kappa shape index (κ3) is 3.11. The van der Waals surface area contributed by atoms with Crippen molar-refractivity contribution in [2.75, 3.05) is 19.7 Å². The Balaban J connectivity index is 1.78. The first-order chi connectivity index (χ1) is 10.3. The van der Waals surface area contributed by atoms with Gasteiger partial charge in [0, 0.05) is 13.2 Å². The van der Waals surface area contributed by atoms with Gasteiger partial charge in [0.25, 0.3) is 0 Å². The van der Waals surface area contributed by atoms with E-state index in [0.717, 1.165) is 51.0 Å². The molecule has 1 aliphatic rings. The van der Waals surface area contributed by atoms with E-state index < -0.39 is 0 Å². The smallest absolute Gasteiger partial charge is 0.124 e. The highest BCUT2D eigenvalue weighted by Crippen LogP contribution is 2.21. The van der Waals surface area contributed by atoms with Crippen molar-refractivity contribution in [3.8, 4) is 0 Å². The van der Waals surface area contributed by atoms with Crippen molar-refractivity contribution in [3.05, 3.63) is 30.1 Å². The van der Waals surface area contributed by atoms with Crippen LogP contribution in [0.1, 0.15) is 32.0 Å². The number of hydrogen-bond acceptors (Lipinski definition) is 3. The summed E-state index contributed by atoms with van der Waals surface area (Å²) in [5.41, 5.74) is 2.35. The van der Waals surface area contributed by atoms with Gasteiger partial charge in [0.2, 0.25) is 0 Å². The van der Waals surface area contributed by atoms with Crippen molar-refractivity contribution in [2.24, 2.45) is 5.92 Å². The molecule has 1 aliphatic heterocycles. The summed E-state index contributed by atoms with van der Waals surface area (Å²) < 4.78 is 2.37. The summed E-state index contributed by atoms with van der Waals surface area (Å²) in [6, 6.07) is 8.41. The lowest BCUT2D eigenvalue weighted by Gasteiger charge is -2.30. The number of aromatic nitrogens is 2. The van der Waals surface area contributed by atoms with Crippen LogP contribution >= 0.6 is 0 Å². The molecule has 0 radical (unpaired) electrons. The summed E-state index contributed by atoms with van der Waals surface area (Å²) in [6.45, 7) is 6.64. The molecule has 0 amide bonds. The summed E-state index contributed by atoms with van der Waals surface area (Å²) in [5, 5.41) is 9.24. The zero-order valence-electron chi connectivity index (χ0n) is 12.8. The molecular weight excluding hydrogens is 262 g/mol. The van der Waals surface area contributed by atoms with Gasteiger partial charge in [0.1, 0.15) is 5.82 Å². The topological polar surface area (TPSA) is 41.3 Å². The number of likely N-dealkylation sites (tertiary alicyclic amines) is 1. The summed E-state index contributed by atoms with van der Waals surface area (Å²) in [4.78, 5) is 7.31. The first-order valence-corrected chi connectivity index (χ1v) is 8.09. The highest BCUT2D eigenvalue weighted by Gasteiger charge is 2.20. The summed E-state index contributed by atoms with van der Waals surface area (Å²) >= 11 is 0. The molecule has 0 aliphatic carbocycles. The number of rotatable bonds is 5. The third-order valence-corrected chi connectivity index (χ3v) is 4.51. The molecule has 1 aromatic heterocycles. The Labute approximate surface area is 126 Å². The number of piperidine rings is 1. The molecule has 0 saturated carbocycles. The average Bonchev–Trinajstić information content (AvgIpc) is 2.86. The lowest BCUT2D eigenvalue weighted by atomic mass is 9.98. The minimum absolute atomic E-state index is 0.336. The number of hydrogen-bond donors (Lipinski definition) is 1. The van der Waals surface area contributed by atoms with Crippen LogP contribution in [-0.2, 0) is 13.1 Å². The van der Waals surface area contributed by atoms with Crippen molar-refractivity contribution in [3.63, 3.8) is 0 Å². The summed E-state index contributed by atoms with van der Waals surface area (Å²) in [6.07, 6.45) is 3.33. The quantitative estimate of drug-likeness (QED) is 0.919. The van der Waals surface area contributed by atoms with Gasteiger partial charge in [-0.25, -0.2) is 4.98 Å². The fourth-order valence-corrected chi connectivity index (χ4v) is 3.25. The maximum absolute atomic E-state index is 9.24. The molecule has 114 valence electrons. The lowest BCUT2D eigenvalue weighted by Crippen LogP contribution is -2.35. The number of aliphatic hydroxyl groups is 1. The number of imidazole rings is 1. The molecule has 0 unspecified atom stereocenters. The molecule has 0 bridgehead atoms. The zero-order valence-corrected chi connectivity index (χ0v) is 12.8. The zero-order chi connectivity index (χ0) is 14.7. The molecule has 4 nitrogen and oxygen atoms in total. The minimum Gasteiger partial charge on any atom is -0.396 e. The normalized spacial score (nSPS) is 17.6. The van der Waals surface area contributed by atoms with E-state index in [2.05, 4.69) is 40.7 Å².